The lowest BCUT2D eigenvalue weighted by Gasteiger charge is -2.01. The van der Waals surface area contributed by atoms with Crippen molar-refractivity contribution in [2.24, 2.45) is 0 Å². The molecule has 0 saturated carbocycles. The molecule has 0 heterocycles. The number of carbonyl (C=O) groups excluding carboxylic acids is 5. The predicted octanol–water partition coefficient (Wildman–Crippen LogP) is 1.93. The summed E-state index contributed by atoms with van der Waals surface area (Å²) >= 11 is 0. The van der Waals surface area contributed by atoms with Gasteiger partial charge in [0.1, 0.15) is 11.5 Å². The Morgan fingerprint density at radius 3 is 0.929 bits per heavy atom. The quantitative estimate of drug-likeness (QED) is 0.255. The third-order valence-corrected chi connectivity index (χ3v) is 2.26. The summed E-state index contributed by atoms with van der Waals surface area (Å²) in [5.41, 5.74) is 1.01. The number of nitrogens with one attached hydrogen (secondary N) is 4. The van der Waals surface area contributed by atoms with Crippen molar-refractivity contribution in [1.29, 1.82) is 21.6 Å². The van der Waals surface area contributed by atoms with Crippen LogP contribution >= 0.6 is 0 Å². The molecule has 0 aliphatic carbocycles. The topological polar surface area (TPSA) is 221 Å². The lowest BCUT2D eigenvalue weighted by molar-refractivity contribution is 0.103. The Morgan fingerprint density at radius 2 is 0.750 bits per heavy atom. The van der Waals surface area contributed by atoms with E-state index in [-0.39, 0.29) is 17.3 Å². The van der Waals surface area contributed by atoms with E-state index < -0.39 is 0 Å². The van der Waals surface area contributed by atoms with Gasteiger partial charge in [0, 0.05) is 11.1 Å². The van der Waals surface area contributed by atoms with E-state index >= 15 is 0 Å². The average molecular weight is 386 g/mol. The van der Waals surface area contributed by atoms with Crippen molar-refractivity contribution in [3.8, 4) is 11.5 Å². The molecule has 144 valence electrons. The highest BCUT2D eigenvalue weighted by molar-refractivity contribution is 6.09. The Hall–Kier alpha value is -4.77. The van der Waals surface area contributed by atoms with E-state index in [1.54, 1.807) is 24.3 Å². The first kappa shape index (κ1) is 28.1. The Balaban J connectivity index is -0.000000434. The molecule has 0 bridgehead atoms. The Bertz CT molecular complexity index is 743. The normalized spacial score (nSPS) is 6.86. The van der Waals surface area contributed by atoms with Crippen molar-refractivity contribution in [2.45, 2.75) is 0 Å². The first-order valence-electron chi connectivity index (χ1n) is 6.61. The second-order valence-corrected chi connectivity index (χ2v) is 3.83. The van der Waals surface area contributed by atoms with Gasteiger partial charge in [-0.3, -0.25) is 4.79 Å². The van der Waals surface area contributed by atoms with Gasteiger partial charge in [0.2, 0.25) is 24.3 Å². The second kappa shape index (κ2) is 20.3. The molecule has 0 unspecified atom stereocenters. The lowest BCUT2D eigenvalue weighted by Crippen LogP contribution is -2.00. The molecule has 28 heavy (non-hydrogen) atoms. The third kappa shape index (κ3) is 16.1. The summed E-state index contributed by atoms with van der Waals surface area (Å²) in [6.07, 6.45) is 3.00. The minimum atomic E-state index is -0.139. The van der Waals surface area contributed by atoms with Gasteiger partial charge in [0.05, 0.1) is 0 Å². The van der Waals surface area contributed by atoms with Crippen LogP contribution in [0.25, 0.3) is 0 Å². The number of isocyanates is 4. The number of hydrogen-bond acceptors (Lipinski definition) is 11. The zero-order valence-corrected chi connectivity index (χ0v) is 14.1. The van der Waals surface area contributed by atoms with Gasteiger partial charge in [-0.05, 0) is 48.5 Å². The summed E-state index contributed by atoms with van der Waals surface area (Å²) in [5, 5.41) is 39.8. The number of rotatable bonds is 2. The number of benzene rings is 2. The summed E-state index contributed by atoms with van der Waals surface area (Å²) in [6, 6.07) is 12.1. The van der Waals surface area contributed by atoms with Crippen molar-refractivity contribution in [2.75, 3.05) is 0 Å². The van der Waals surface area contributed by atoms with E-state index in [9.17, 15) is 4.79 Å². The van der Waals surface area contributed by atoms with Gasteiger partial charge >= 0.3 is 0 Å². The van der Waals surface area contributed by atoms with Crippen molar-refractivity contribution >= 4 is 30.1 Å². The standard InChI is InChI=1S/C13H10O3.4CHNO/c14-11-5-1-9(2-6-11)13(16)10-3-7-12(15)8-4-10;4*2-1-3/h1-8,14-15H;4*2H. The van der Waals surface area contributed by atoms with Gasteiger partial charge in [0.25, 0.3) is 0 Å². The van der Waals surface area contributed by atoms with Crippen molar-refractivity contribution in [1.82, 2.24) is 0 Å². The van der Waals surface area contributed by atoms with Crippen molar-refractivity contribution in [3.05, 3.63) is 59.7 Å². The number of hydrogen-bond donors (Lipinski definition) is 6. The number of aromatic hydroxyl groups is 2. The van der Waals surface area contributed by atoms with Crippen LogP contribution in [0.4, 0.5) is 0 Å². The maximum Gasteiger partial charge on any atom is 0.231 e. The molecule has 0 spiro atoms. The molecule has 11 nitrogen and oxygen atoms in total. The van der Waals surface area contributed by atoms with E-state index in [1.807, 2.05) is 0 Å². The van der Waals surface area contributed by atoms with Crippen molar-refractivity contribution in [3.63, 3.8) is 0 Å². The number of carbonyl (C=O) groups is 1. The van der Waals surface area contributed by atoms with Crippen LogP contribution in [0.15, 0.2) is 48.5 Å². The number of ketones is 1. The number of phenolic OH excluding ortho intramolecular Hbond substituents is 2. The highest BCUT2D eigenvalue weighted by atomic mass is 16.3. The van der Waals surface area contributed by atoms with Gasteiger partial charge in [-0.25, -0.2) is 40.8 Å². The smallest absolute Gasteiger partial charge is 0.231 e. The molecule has 2 aromatic rings. The minimum absolute atomic E-state index is 0.127. The van der Waals surface area contributed by atoms with E-state index in [4.69, 9.17) is 51.0 Å². The summed E-state index contributed by atoms with van der Waals surface area (Å²) in [7, 11) is 0. The van der Waals surface area contributed by atoms with E-state index in [1.165, 1.54) is 24.3 Å². The van der Waals surface area contributed by atoms with E-state index in [0.29, 0.717) is 11.1 Å². The SMILES string of the molecule is N=C=O.N=C=O.N=C=O.N=C=O.O=C(c1ccc(O)cc1)c1ccc(O)cc1. The second-order valence-electron chi connectivity index (χ2n) is 3.83. The molecular weight excluding hydrogens is 372 g/mol. The molecule has 0 fully saturated rings. The van der Waals surface area contributed by atoms with Gasteiger partial charge in [-0.1, -0.05) is 0 Å². The van der Waals surface area contributed by atoms with Crippen LogP contribution in [0, 0.1) is 21.6 Å². The maximum atomic E-state index is 11.9. The van der Waals surface area contributed by atoms with Gasteiger partial charge in [-0.15, -0.1) is 0 Å². The Kier molecular flexibility index (Phi) is 20.3. The molecule has 2 aromatic carbocycles. The molecule has 0 saturated heterocycles. The summed E-state index contributed by atoms with van der Waals surface area (Å²) in [6.45, 7) is 0. The van der Waals surface area contributed by atoms with Crippen LogP contribution in [-0.2, 0) is 19.2 Å². The molecule has 0 aliphatic heterocycles. The Morgan fingerprint density at radius 1 is 0.571 bits per heavy atom. The molecule has 0 atom stereocenters. The molecule has 2 rings (SSSR count). The van der Waals surface area contributed by atoms with Gasteiger partial charge in [-0.2, -0.15) is 0 Å². The predicted molar refractivity (Wildman–Crippen MR) is 93.3 cm³/mol. The molecule has 0 aromatic heterocycles. The van der Waals surface area contributed by atoms with Crippen LogP contribution in [-0.4, -0.2) is 40.3 Å². The van der Waals surface area contributed by atoms with Crippen molar-refractivity contribution < 1.29 is 34.2 Å². The molecule has 11 heteroatoms. The fourth-order valence-electron chi connectivity index (χ4n) is 1.39. The average Bonchev–Trinajstić information content (AvgIpc) is 2.65. The van der Waals surface area contributed by atoms with Crippen LogP contribution in [0.1, 0.15) is 15.9 Å². The van der Waals surface area contributed by atoms with E-state index in [0.717, 1.165) is 24.3 Å². The monoisotopic (exact) mass is 386 g/mol. The fraction of sp³-hybridized carbons (Fsp3) is 0. The molecule has 6 N–H and O–H groups in total. The van der Waals surface area contributed by atoms with Crippen LogP contribution < -0.4 is 0 Å². The third-order valence-electron chi connectivity index (χ3n) is 2.26. The fourth-order valence-corrected chi connectivity index (χ4v) is 1.39. The highest BCUT2D eigenvalue weighted by Crippen LogP contribution is 2.16. The lowest BCUT2D eigenvalue weighted by atomic mass is 10.0. The zero-order valence-electron chi connectivity index (χ0n) is 14.1. The zero-order chi connectivity index (χ0) is 22.4. The van der Waals surface area contributed by atoms with Gasteiger partial charge < -0.3 is 10.2 Å². The van der Waals surface area contributed by atoms with E-state index in [2.05, 4.69) is 0 Å². The number of phenols is 2. The minimum Gasteiger partial charge on any atom is -0.508 e. The molecule has 0 amide bonds. The highest BCUT2D eigenvalue weighted by Gasteiger charge is 2.08. The molecule has 0 radical (unpaired) electrons. The van der Waals surface area contributed by atoms with Gasteiger partial charge in [0.15, 0.2) is 5.78 Å². The first-order valence-corrected chi connectivity index (χ1v) is 6.61. The summed E-state index contributed by atoms with van der Waals surface area (Å²) in [4.78, 5) is 45.3. The van der Waals surface area contributed by atoms with Crippen LogP contribution in [0.3, 0.4) is 0 Å². The summed E-state index contributed by atoms with van der Waals surface area (Å²) < 4.78 is 0. The molecule has 0 aliphatic rings. The molecular formula is C17H14N4O7. The maximum absolute atomic E-state index is 11.9. The first-order chi connectivity index (χ1) is 13.3. The summed E-state index contributed by atoms with van der Waals surface area (Å²) in [5.74, 6) is 0.115. The van der Waals surface area contributed by atoms with Crippen LogP contribution in [0.5, 0.6) is 11.5 Å². The largest absolute Gasteiger partial charge is 0.508 e. The Labute approximate surface area is 157 Å². The van der Waals surface area contributed by atoms with Crippen LogP contribution in [0.2, 0.25) is 0 Å².